The number of aromatic amines is 1. The first kappa shape index (κ1) is 9.64. The second-order valence-electron chi connectivity index (χ2n) is 3.45. The Hall–Kier alpha value is -1.91. The molecule has 2 heterocycles. The Morgan fingerprint density at radius 1 is 1.47 bits per heavy atom. The number of hydrogen-bond acceptors (Lipinski definition) is 4. The highest BCUT2D eigenvalue weighted by atomic mass is 16.3. The lowest BCUT2D eigenvalue weighted by Gasteiger charge is -2.00. The van der Waals surface area contributed by atoms with Gasteiger partial charge in [0.15, 0.2) is 5.82 Å². The van der Waals surface area contributed by atoms with Crippen molar-refractivity contribution in [1.82, 2.24) is 9.97 Å². The van der Waals surface area contributed by atoms with E-state index in [1.807, 2.05) is 26.0 Å². The van der Waals surface area contributed by atoms with Crippen LogP contribution in [-0.2, 0) is 6.54 Å². The van der Waals surface area contributed by atoms with E-state index in [0.717, 1.165) is 17.3 Å². The molecule has 0 bridgehead atoms. The largest absolute Gasteiger partial charge is 0.465 e. The monoisotopic (exact) mass is 206 g/mol. The third-order valence-electron chi connectivity index (χ3n) is 2.08. The van der Waals surface area contributed by atoms with Crippen molar-refractivity contribution in [3.8, 4) is 0 Å². The summed E-state index contributed by atoms with van der Waals surface area (Å²) in [5.74, 6) is 3.79. The van der Waals surface area contributed by atoms with E-state index in [2.05, 4.69) is 15.3 Å². The summed E-state index contributed by atoms with van der Waals surface area (Å²) in [4.78, 5) is 7.12. The van der Waals surface area contributed by atoms with Crippen LogP contribution in [0.3, 0.4) is 0 Å². The lowest BCUT2D eigenvalue weighted by Crippen LogP contribution is -2.01. The van der Waals surface area contributed by atoms with Crippen LogP contribution in [0, 0.1) is 13.8 Å². The normalized spacial score (nSPS) is 10.5. The number of hydrogen-bond donors (Lipinski definition) is 3. The van der Waals surface area contributed by atoms with Crippen LogP contribution < -0.4 is 11.1 Å². The Balaban J connectivity index is 2.01. The quantitative estimate of drug-likeness (QED) is 0.715. The number of furan rings is 1. The maximum atomic E-state index is 5.70. The Kier molecular flexibility index (Phi) is 2.37. The lowest BCUT2D eigenvalue weighted by molar-refractivity contribution is 0.490. The standard InChI is InChI=1S/C10H14N4O/c1-6-3-4-8(15-6)5-12-10-9(11)13-7(2)14-10/h3-4,12H,5,11H2,1-2H3,(H,13,14). The number of nitrogen functional groups attached to an aromatic ring is 1. The molecule has 80 valence electrons. The fraction of sp³-hybridized carbons (Fsp3) is 0.300. The molecule has 0 saturated carbocycles. The molecule has 0 fully saturated rings. The molecule has 5 nitrogen and oxygen atoms in total. The van der Waals surface area contributed by atoms with Gasteiger partial charge in [-0.3, -0.25) is 0 Å². The van der Waals surface area contributed by atoms with Gasteiger partial charge >= 0.3 is 0 Å². The maximum Gasteiger partial charge on any atom is 0.169 e. The van der Waals surface area contributed by atoms with Crippen molar-refractivity contribution in [2.75, 3.05) is 11.1 Å². The van der Waals surface area contributed by atoms with E-state index in [1.54, 1.807) is 0 Å². The van der Waals surface area contributed by atoms with Crippen molar-refractivity contribution in [3.05, 3.63) is 29.5 Å². The average molecular weight is 206 g/mol. The van der Waals surface area contributed by atoms with Crippen molar-refractivity contribution in [2.45, 2.75) is 20.4 Å². The molecule has 4 N–H and O–H groups in total. The zero-order valence-corrected chi connectivity index (χ0v) is 8.79. The molecule has 2 aromatic rings. The number of nitrogens with two attached hydrogens (primary N) is 1. The fourth-order valence-electron chi connectivity index (χ4n) is 1.40. The molecule has 0 amide bonds. The van der Waals surface area contributed by atoms with Crippen LogP contribution in [0.2, 0.25) is 0 Å². The average Bonchev–Trinajstić information content (AvgIpc) is 2.70. The van der Waals surface area contributed by atoms with Gasteiger partial charge in [0.25, 0.3) is 0 Å². The van der Waals surface area contributed by atoms with Crippen LogP contribution >= 0.6 is 0 Å². The molecule has 0 spiro atoms. The van der Waals surface area contributed by atoms with Crippen molar-refractivity contribution in [2.24, 2.45) is 0 Å². The highest BCUT2D eigenvalue weighted by Crippen LogP contribution is 2.15. The van der Waals surface area contributed by atoms with Gasteiger partial charge in [-0.25, -0.2) is 4.98 Å². The summed E-state index contributed by atoms with van der Waals surface area (Å²) >= 11 is 0. The minimum atomic E-state index is 0.552. The highest BCUT2D eigenvalue weighted by Gasteiger charge is 2.05. The molecule has 15 heavy (non-hydrogen) atoms. The molecule has 0 unspecified atom stereocenters. The first-order valence-corrected chi connectivity index (χ1v) is 4.76. The zero-order valence-electron chi connectivity index (χ0n) is 8.79. The van der Waals surface area contributed by atoms with Crippen molar-refractivity contribution >= 4 is 11.6 Å². The molecule has 0 aromatic carbocycles. The second kappa shape index (κ2) is 3.68. The van der Waals surface area contributed by atoms with Crippen LogP contribution in [0.5, 0.6) is 0 Å². The minimum absolute atomic E-state index is 0.552. The molecule has 2 rings (SSSR count). The second-order valence-corrected chi connectivity index (χ2v) is 3.45. The summed E-state index contributed by atoms with van der Waals surface area (Å²) in [5, 5.41) is 3.10. The van der Waals surface area contributed by atoms with Crippen LogP contribution in [0.4, 0.5) is 11.6 Å². The smallest absolute Gasteiger partial charge is 0.169 e. The first-order valence-electron chi connectivity index (χ1n) is 4.76. The maximum absolute atomic E-state index is 5.70. The van der Waals surface area contributed by atoms with Gasteiger partial charge in [-0.05, 0) is 26.0 Å². The van der Waals surface area contributed by atoms with E-state index >= 15 is 0 Å². The molecule has 2 aromatic heterocycles. The topological polar surface area (TPSA) is 79.9 Å². The van der Waals surface area contributed by atoms with Gasteiger partial charge in [0.1, 0.15) is 23.2 Å². The number of imidazole rings is 1. The van der Waals surface area contributed by atoms with Gasteiger partial charge in [0.2, 0.25) is 0 Å². The molecule has 5 heteroatoms. The summed E-state index contributed by atoms with van der Waals surface area (Å²) in [7, 11) is 0. The molecule has 0 aliphatic heterocycles. The Bertz CT molecular complexity index is 458. The molecule has 0 saturated heterocycles. The molecule has 0 radical (unpaired) electrons. The van der Waals surface area contributed by atoms with E-state index in [0.29, 0.717) is 18.2 Å². The van der Waals surface area contributed by atoms with E-state index in [9.17, 15) is 0 Å². The van der Waals surface area contributed by atoms with E-state index in [1.165, 1.54) is 0 Å². The molecular formula is C10H14N4O. The van der Waals surface area contributed by atoms with Gasteiger partial charge in [-0.1, -0.05) is 0 Å². The number of aryl methyl sites for hydroxylation is 2. The van der Waals surface area contributed by atoms with E-state index in [4.69, 9.17) is 10.2 Å². The summed E-state index contributed by atoms with van der Waals surface area (Å²) in [6.07, 6.45) is 0. The molecule has 0 atom stereocenters. The number of anilines is 2. The number of nitrogens with one attached hydrogen (secondary N) is 2. The number of aromatic nitrogens is 2. The zero-order chi connectivity index (χ0) is 10.8. The van der Waals surface area contributed by atoms with Crippen LogP contribution in [0.25, 0.3) is 0 Å². The van der Waals surface area contributed by atoms with E-state index in [-0.39, 0.29) is 0 Å². The van der Waals surface area contributed by atoms with Gasteiger partial charge in [-0.2, -0.15) is 0 Å². The number of rotatable bonds is 3. The van der Waals surface area contributed by atoms with Gasteiger partial charge in [0.05, 0.1) is 6.54 Å². The van der Waals surface area contributed by atoms with Crippen LogP contribution in [0.1, 0.15) is 17.3 Å². The fourth-order valence-corrected chi connectivity index (χ4v) is 1.40. The van der Waals surface area contributed by atoms with Gasteiger partial charge < -0.3 is 20.5 Å². The summed E-state index contributed by atoms with van der Waals surface area (Å²) in [6, 6.07) is 3.86. The molecule has 0 aliphatic rings. The van der Waals surface area contributed by atoms with Crippen molar-refractivity contribution < 1.29 is 4.42 Å². The summed E-state index contributed by atoms with van der Waals surface area (Å²) in [6.45, 7) is 4.36. The lowest BCUT2D eigenvalue weighted by atomic mass is 10.4. The van der Waals surface area contributed by atoms with Crippen molar-refractivity contribution in [1.29, 1.82) is 0 Å². The summed E-state index contributed by atoms with van der Waals surface area (Å²) in [5.41, 5.74) is 5.70. The Morgan fingerprint density at radius 3 is 2.80 bits per heavy atom. The highest BCUT2D eigenvalue weighted by molar-refractivity contribution is 5.56. The van der Waals surface area contributed by atoms with Gasteiger partial charge in [-0.15, -0.1) is 0 Å². The Labute approximate surface area is 87.7 Å². The minimum Gasteiger partial charge on any atom is -0.465 e. The van der Waals surface area contributed by atoms with Crippen LogP contribution in [-0.4, -0.2) is 9.97 Å². The van der Waals surface area contributed by atoms with Crippen LogP contribution in [0.15, 0.2) is 16.5 Å². The first-order chi connectivity index (χ1) is 7.15. The third kappa shape index (κ3) is 2.12. The predicted octanol–water partition coefficient (Wildman–Crippen LogP) is 1.81. The Morgan fingerprint density at radius 2 is 2.27 bits per heavy atom. The van der Waals surface area contributed by atoms with Crippen molar-refractivity contribution in [3.63, 3.8) is 0 Å². The SMILES string of the molecule is Cc1nc(NCc2ccc(C)o2)c(N)[nH]1. The number of H-pyrrole nitrogens is 1. The molecular weight excluding hydrogens is 192 g/mol. The summed E-state index contributed by atoms with van der Waals surface area (Å²) < 4.78 is 5.41. The molecule has 0 aliphatic carbocycles. The third-order valence-corrected chi connectivity index (χ3v) is 2.08. The van der Waals surface area contributed by atoms with Gasteiger partial charge in [0, 0.05) is 0 Å². The predicted molar refractivity (Wildman–Crippen MR) is 58.5 cm³/mol. The van der Waals surface area contributed by atoms with E-state index < -0.39 is 0 Å². The number of nitrogens with zero attached hydrogens (tertiary/aromatic N) is 1.